The molecule has 5 nitrogen and oxygen atoms in total. The molecule has 0 aromatic rings. The molecule has 0 radical (unpaired) electrons. The Labute approximate surface area is 116 Å². The third kappa shape index (κ3) is 4.75. The van der Waals surface area contributed by atoms with Gasteiger partial charge in [-0.2, -0.15) is 0 Å². The van der Waals surface area contributed by atoms with Crippen LogP contribution in [0.3, 0.4) is 0 Å². The monoisotopic (exact) mass is 272 g/mol. The number of aliphatic hydroxyl groups excluding tert-OH is 1. The molecule has 1 amide bonds. The van der Waals surface area contributed by atoms with E-state index in [1.54, 1.807) is 0 Å². The average Bonchev–Trinajstić information content (AvgIpc) is 2.36. The Bertz CT molecular complexity index is 307. The SMILES string of the molecule is CCC(C)(C)NC(=O)C(C)N1CC(C)OC(CO)C1. The topological polar surface area (TPSA) is 61.8 Å². The molecular formula is C14H28N2O3. The molecular weight excluding hydrogens is 244 g/mol. The first-order chi connectivity index (χ1) is 8.79. The fraction of sp³-hybridized carbons (Fsp3) is 0.929. The van der Waals surface area contributed by atoms with E-state index in [1.165, 1.54) is 0 Å². The van der Waals surface area contributed by atoms with Gasteiger partial charge in [0.25, 0.3) is 0 Å². The minimum Gasteiger partial charge on any atom is -0.394 e. The van der Waals surface area contributed by atoms with Crippen LogP contribution < -0.4 is 5.32 Å². The minimum atomic E-state index is -0.203. The van der Waals surface area contributed by atoms with Crippen molar-refractivity contribution in [2.45, 2.75) is 64.8 Å². The smallest absolute Gasteiger partial charge is 0.237 e. The molecule has 2 N–H and O–H groups in total. The Hall–Kier alpha value is -0.650. The van der Waals surface area contributed by atoms with Gasteiger partial charge in [0.2, 0.25) is 5.91 Å². The van der Waals surface area contributed by atoms with E-state index in [9.17, 15) is 9.90 Å². The number of morpholine rings is 1. The number of aliphatic hydroxyl groups is 1. The lowest BCUT2D eigenvalue weighted by Crippen LogP contribution is -2.57. The third-order valence-electron chi connectivity index (χ3n) is 3.83. The fourth-order valence-corrected chi connectivity index (χ4v) is 2.19. The van der Waals surface area contributed by atoms with Gasteiger partial charge in [0.1, 0.15) is 0 Å². The van der Waals surface area contributed by atoms with Gasteiger partial charge in [-0.05, 0) is 34.1 Å². The van der Waals surface area contributed by atoms with Crippen molar-refractivity contribution in [3.63, 3.8) is 0 Å². The van der Waals surface area contributed by atoms with Gasteiger partial charge in [0.05, 0.1) is 24.9 Å². The van der Waals surface area contributed by atoms with Gasteiger partial charge in [0, 0.05) is 18.6 Å². The van der Waals surface area contributed by atoms with Crippen molar-refractivity contribution in [3.8, 4) is 0 Å². The number of rotatable bonds is 5. The largest absolute Gasteiger partial charge is 0.394 e. The Morgan fingerprint density at radius 3 is 2.68 bits per heavy atom. The highest BCUT2D eigenvalue weighted by Gasteiger charge is 2.32. The molecule has 112 valence electrons. The van der Waals surface area contributed by atoms with Crippen LogP contribution in [-0.2, 0) is 9.53 Å². The minimum absolute atomic E-state index is 0.00433. The zero-order valence-electron chi connectivity index (χ0n) is 12.8. The maximum absolute atomic E-state index is 12.3. The average molecular weight is 272 g/mol. The molecule has 1 fully saturated rings. The number of ether oxygens (including phenoxy) is 1. The predicted molar refractivity (Wildman–Crippen MR) is 75.0 cm³/mol. The van der Waals surface area contributed by atoms with Gasteiger partial charge >= 0.3 is 0 Å². The predicted octanol–water partition coefficient (Wildman–Crippen LogP) is 0.761. The molecule has 0 aliphatic carbocycles. The first-order valence-corrected chi connectivity index (χ1v) is 7.11. The molecule has 0 aromatic heterocycles. The van der Waals surface area contributed by atoms with Crippen molar-refractivity contribution < 1.29 is 14.6 Å². The Morgan fingerprint density at radius 2 is 2.16 bits per heavy atom. The number of hydrogen-bond donors (Lipinski definition) is 2. The van der Waals surface area contributed by atoms with E-state index in [-0.39, 0.29) is 36.3 Å². The van der Waals surface area contributed by atoms with Gasteiger partial charge in [-0.15, -0.1) is 0 Å². The fourth-order valence-electron chi connectivity index (χ4n) is 2.19. The van der Waals surface area contributed by atoms with Crippen LogP contribution in [0.25, 0.3) is 0 Å². The molecule has 1 rings (SSSR count). The summed E-state index contributed by atoms with van der Waals surface area (Å²) in [7, 11) is 0. The van der Waals surface area contributed by atoms with Crippen molar-refractivity contribution in [3.05, 3.63) is 0 Å². The molecule has 0 bridgehead atoms. The van der Waals surface area contributed by atoms with Gasteiger partial charge in [-0.25, -0.2) is 0 Å². The lowest BCUT2D eigenvalue weighted by molar-refractivity contribution is -0.136. The molecule has 5 heteroatoms. The summed E-state index contributed by atoms with van der Waals surface area (Å²) in [4.78, 5) is 14.3. The highest BCUT2D eigenvalue weighted by atomic mass is 16.5. The number of hydrogen-bond acceptors (Lipinski definition) is 4. The maximum Gasteiger partial charge on any atom is 0.237 e. The van der Waals surface area contributed by atoms with Crippen molar-refractivity contribution in [1.82, 2.24) is 10.2 Å². The maximum atomic E-state index is 12.3. The van der Waals surface area contributed by atoms with Crippen LogP contribution in [0.4, 0.5) is 0 Å². The van der Waals surface area contributed by atoms with E-state index in [1.807, 2.05) is 27.7 Å². The van der Waals surface area contributed by atoms with Crippen LogP contribution >= 0.6 is 0 Å². The zero-order valence-corrected chi connectivity index (χ0v) is 12.8. The van der Waals surface area contributed by atoms with Crippen LogP contribution in [0.15, 0.2) is 0 Å². The van der Waals surface area contributed by atoms with Crippen LogP contribution in [0.5, 0.6) is 0 Å². The Balaban J connectivity index is 2.60. The lowest BCUT2D eigenvalue weighted by atomic mass is 10.0. The molecule has 0 saturated carbocycles. The number of carbonyl (C=O) groups is 1. The van der Waals surface area contributed by atoms with Crippen LogP contribution in [0.2, 0.25) is 0 Å². The first kappa shape index (κ1) is 16.4. The van der Waals surface area contributed by atoms with Gasteiger partial charge in [-0.1, -0.05) is 6.92 Å². The summed E-state index contributed by atoms with van der Waals surface area (Å²) in [6, 6.07) is -0.203. The third-order valence-corrected chi connectivity index (χ3v) is 3.83. The van der Waals surface area contributed by atoms with Crippen LogP contribution in [0.1, 0.15) is 41.0 Å². The molecule has 1 saturated heterocycles. The van der Waals surface area contributed by atoms with E-state index in [0.717, 1.165) is 13.0 Å². The zero-order chi connectivity index (χ0) is 14.6. The lowest BCUT2D eigenvalue weighted by Gasteiger charge is -2.39. The summed E-state index contributed by atoms with van der Waals surface area (Å²) < 4.78 is 5.59. The highest BCUT2D eigenvalue weighted by Crippen LogP contribution is 2.15. The Kier molecular flexibility index (Phi) is 5.77. The first-order valence-electron chi connectivity index (χ1n) is 7.11. The molecule has 1 aliphatic rings. The summed E-state index contributed by atoms with van der Waals surface area (Å²) in [5.74, 6) is 0.0395. The molecule has 1 aliphatic heterocycles. The number of carbonyl (C=O) groups excluding carboxylic acids is 1. The molecule has 19 heavy (non-hydrogen) atoms. The normalized spacial score (nSPS) is 27.1. The van der Waals surface area contributed by atoms with E-state index >= 15 is 0 Å². The molecule has 0 spiro atoms. The molecule has 0 aromatic carbocycles. The summed E-state index contributed by atoms with van der Waals surface area (Å²) in [5.41, 5.74) is -0.181. The van der Waals surface area contributed by atoms with Crippen molar-refractivity contribution in [2.75, 3.05) is 19.7 Å². The summed E-state index contributed by atoms with van der Waals surface area (Å²) in [6.45, 7) is 11.3. The summed E-state index contributed by atoms with van der Waals surface area (Å²) >= 11 is 0. The second-order valence-corrected chi connectivity index (χ2v) is 6.11. The van der Waals surface area contributed by atoms with Crippen LogP contribution in [-0.4, -0.2) is 59.4 Å². The van der Waals surface area contributed by atoms with Crippen LogP contribution in [0, 0.1) is 0 Å². The number of amides is 1. The number of nitrogens with one attached hydrogen (secondary N) is 1. The second-order valence-electron chi connectivity index (χ2n) is 6.11. The highest BCUT2D eigenvalue weighted by molar-refractivity contribution is 5.82. The standard InChI is InChI=1S/C14H28N2O3/c1-6-14(4,5)15-13(18)11(3)16-7-10(2)19-12(8-16)9-17/h10-12,17H,6-9H2,1-5H3,(H,15,18). The Morgan fingerprint density at radius 1 is 1.53 bits per heavy atom. The summed E-state index contributed by atoms with van der Waals surface area (Å²) in [6.07, 6.45) is 0.739. The summed E-state index contributed by atoms with van der Waals surface area (Å²) in [5, 5.41) is 12.3. The molecule has 3 atom stereocenters. The van der Waals surface area contributed by atoms with Gasteiger partial charge < -0.3 is 15.2 Å². The molecule has 3 unspecified atom stereocenters. The number of nitrogens with zero attached hydrogens (tertiary/aromatic N) is 1. The van der Waals surface area contributed by atoms with Gasteiger partial charge in [-0.3, -0.25) is 9.69 Å². The van der Waals surface area contributed by atoms with E-state index in [4.69, 9.17) is 4.74 Å². The second kappa shape index (κ2) is 6.68. The van der Waals surface area contributed by atoms with E-state index < -0.39 is 0 Å². The van der Waals surface area contributed by atoms with Crippen molar-refractivity contribution in [1.29, 1.82) is 0 Å². The van der Waals surface area contributed by atoms with Crippen molar-refractivity contribution >= 4 is 5.91 Å². The van der Waals surface area contributed by atoms with E-state index in [2.05, 4.69) is 17.1 Å². The molecule has 1 heterocycles. The van der Waals surface area contributed by atoms with Crippen molar-refractivity contribution in [2.24, 2.45) is 0 Å². The van der Waals surface area contributed by atoms with E-state index in [0.29, 0.717) is 6.54 Å². The van der Waals surface area contributed by atoms with Gasteiger partial charge in [0.15, 0.2) is 0 Å². The quantitative estimate of drug-likeness (QED) is 0.776.